The standard InChI is InChI=1S/C19H26F3N3O3/c20-19(21,22)28-16-6-4-15(5-7-16)23-18(26)14-25-10-8-24(9-11-25)13-17-3-1-2-12-27-17/h4-7,17H,1-3,8-14H2,(H,23,26)/t17-/m0/s1. The molecule has 2 aliphatic rings. The molecule has 0 saturated carbocycles. The van der Waals surface area contributed by atoms with Crippen LogP contribution in [0.2, 0.25) is 0 Å². The van der Waals surface area contributed by atoms with Crippen molar-refractivity contribution in [1.29, 1.82) is 0 Å². The van der Waals surface area contributed by atoms with Gasteiger partial charge in [-0.25, -0.2) is 0 Å². The molecule has 0 aromatic heterocycles. The number of ether oxygens (including phenoxy) is 2. The smallest absolute Gasteiger partial charge is 0.406 e. The summed E-state index contributed by atoms with van der Waals surface area (Å²) >= 11 is 0. The maximum absolute atomic E-state index is 12.2. The fourth-order valence-electron chi connectivity index (χ4n) is 3.51. The van der Waals surface area contributed by atoms with Gasteiger partial charge in [0.05, 0.1) is 12.6 Å². The Labute approximate surface area is 162 Å². The number of rotatable bonds is 6. The minimum atomic E-state index is -4.73. The monoisotopic (exact) mass is 401 g/mol. The van der Waals surface area contributed by atoms with Gasteiger partial charge in [0, 0.05) is 45.0 Å². The van der Waals surface area contributed by atoms with Gasteiger partial charge in [-0.2, -0.15) is 0 Å². The fourth-order valence-corrected chi connectivity index (χ4v) is 3.51. The van der Waals surface area contributed by atoms with Crippen LogP contribution in [0, 0.1) is 0 Å². The molecule has 6 nitrogen and oxygen atoms in total. The van der Waals surface area contributed by atoms with E-state index >= 15 is 0 Å². The van der Waals surface area contributed by atoms with E-state index in [1.54, 1.807) is 0 Å². The Morgan fingerprint density at radius 2 is 1.79 bits per heavy atom. The van der Waals surface area contributed by atoms with Gasteiger partial charge in [-0.1, -0.05) is 0 Å². The van der Waals surface area contributed by atoms with Crippen LogP contribution in [0.25, 0.3) is 0 Å². The summed E-state index contributed by atoms with van der Waals surface area (Å²) < 4.78 is 46.1. The summed E-state index contributed by atoms with van der Waals surface area (Å²) in [6.07, 6.45) is -0.898. The molecular weight excluding hydrogens is 375 g/mol. The van der Waals surface area contributed by atoms with Gasteiger partial charge in [0.1, 0.15) is 5.75 Å². The van der Waals surface area contributed by atoms with Crippen molar-refractivity contribution < 1.29 is 27.4 Å². The van der Waals surface area contributed by atoms with Crippen LogP contribution in [0.1, 0.15) is 19.3 Å². The highest BCUT2D eigenvalue weighted by atomic mass is 19.4. The Hall–Kier alpha value is -1.84. The Morgan fingerprint density at radius 3 is 2.39 bits per heavy atom. The molecule has 3 rings (SSSR count). The second-order valence-electron chi connectivity index (χ2n) is 7.19. The molecule has 2 aliphatic heterocycles. The van der Waals surface area contributed by atoms with Crippen LogP contribution in [-0.2, 0) is 9.53 Å². The third-order valence-electron chi connectivity index (χ3n) is 4.94. The zero-order chi connectivity index (χ0) is 20.0. The molecule has 0 unspecified atom stereocenters. The second-order valence-corrected chi connectivity index (χ2v) is 7.19. The molecule has 0 radical (unpaired) electrons. The van der Waals surface area contributed by atoms with Gasteiger partial charge in [0.2, 0.25) is 5.91 Å². The molecule has 2 saturated heterocycles. The summed E-state index contributed by atoms with van der Waals surface area (Å²) in [7, 11) is 0. The van der Waals surface area contributed by atoms with Gasteiger partial charge in [-0.15, -0.1) is 13.2 Å². The minimum Gasteiger partial charge on any atom is -0.406 e. The van der Waals surface area contributed by atoms with E-state index < -0.39 is 6.36 Å². The molecule has 0 bridgehead atoms. The molecule has 9 heteroatoms. The summed E-state index contributed by atoms with van der Waals surface area (Å²) in [5.74, 6) is -0.503. The van der Waals surface area contributed by atoms with E-state index in [0.29, 0.717) is 11.8 Å². The van der Waals surface area contributed by atoms with Crippen molar-refractivity contribution in [2.24, 2.45) is 0 Å². The number of nitrogens with one attached hydrogen (secondary N) is 1. The Bertz CT molecular complexity index is 626. The second kappa shape index (κ2) is 9.58. The predicted molar refractivity (Wildman–Crippen MR) is 98.2 cm³/mol. The lowest BCUT2D eigenvalue weighted by atomic mass is 10.1. The summed E-state index contributed by atoms with van der Waals surface area (Å²) in [5.41, 5.74) is 0.438. The molecular formula is C19H26F3N3O3. The van der Waals surface area contributed by atoms with E-state index in [0.717, 1.165) is 52.2 Å². The average Bonchev–Trinajstić information content (AvgIpc) is 2.65. The zero-order valence-electron chi connectivity index (χ0n) is 15.7. The Morgan fingerprint density at radius 1 is 1.11 bits per heavy atom. The third-order valence-corrected chi connectivity index (χ3v) is 4.94. The van der Waals surface area contributed by atoms with Crippen molar-refractivity contribution >= 4 is 11.6 Å². The van der Waals surface area contributed by atoms with Crippen LogP contribution in [0.5, 0.6) is 5.75 Å². The quantitative estimate of drug-likeness (QED) is 0.795. The van der Waals surface area contributed by atoms with E-state index in [1.165, 1.54) is 30.7 Å². The van der Waals surface area contributed by atoms with Gasteiger partial charge < -0.3 is 14.8 Å². The number of carbonyl (C=O) groups is 1. The van der Waals surface area contributed by atoms with Gasteiger partial charge in [-0.3, -0.25) is 14.6 Å². The number of carbonyl (C=O) groups excluding carboxylic acids is 1. The van der Waals surface area contributed by atoms with Gasteiger partial charge in [0.25, 0.3) is 0 Å². The van der Waals surface area contributed by atoms with Crippen molar-refractivity contribution in [1.82, 2.24) is 9.80 Å². The van der Waals surface area contributed by atoms with Crippen molar-refractivity contribution in [3.63, 3.8) is 0 Å². The zero-order valence-corrected chi connectivity index (χ0v) is 15.7. The highest BCUT2D eigenvalue weighted by Crippen LogP contribution is 2.24. The summed E-state index contributed by atoms with van der Waals surface area (Å²) in [4.78, 5) is 16.7. The maximum Gasteiger partial charge on any atom is 0.573 e. The minimum absolute atomic E-state index is 0.187. The Kier molecular flexibility index (Phi) is 7.14. The third kappa shape index (κ3) is 6.96. The number of hydrogen-bond acceptors (Lipinski definition) is 5. The lowest BCUT2D eigenvalue weighted by Crippen LogP contribution is -2.50. The fraction of sp³-hybridized carbons (Fsp3) is 0.632. The first-order valence-electron chi connectivity index (χ1n) is 9.59. The van der Waals surface area contributed by atoms with Crippen LogP contribution in [0.3, 0.4) is 0 Å². The molecule has 2 heterocycles. The number of halogens is 3. The number of anilines is 1. The first kappa shape index (κ1) is 20.9. The summed E-state index contributed by atoms with van der Waals surface area (Å²) in [6.45, 7) is 5.47. The largest absolute Gasteiger partial charge is 0.573 e. The van der Waals surface area contributed by atoms with Crippen LogP contribution in [0.15, 0.2) is 24.3 Å². The molecule has 1 N–H and O–H groups in total. The number of amides is 1. The van der Waals surface area contributed by atoms with E-state index in [9.17, 15) is 18.0 Å². The highest BCUT2D eigenvalue weighted by molar-refractivity contribution is 5.92. The number of hydrogen-bond donors (Lipinski definition) is 1. The normalized spacial score (nSPS) is 22.0. The first-order valence-corrected chi connectivity index (χ1v) is 9.59. The van der Waals surface area contributed by atoms with E-state index in [2.05, 4.69) is 19.9 Å². The van der Waals surface area contributed by atoms with Crippen LogP contribution in [0.4, 0.5) is 18.9 Å². The van der Waals surface area contributed by atoms with E-state index in [1.807, 2.05) is 0 Å². The summed E-state index contributed by atoms with van der Waals surface area (Å²) in [6, 6.07) is 5.13. The van der Waals surface area contributed by atoms with Gasteiger partial charge in [0.15, 0.2) is 0 Å². The van der Waals surface area contributed by atoms with Crippen molar-refractivity contribution in [2.75, 3.05) is 51.2 Å². The average molecular weight is 401 g/mol. The van der Waals surface area contributed by atoms with Gasteiger partial charge >= 0.3 is 6.36 Å². The van der Waals surface area contributed by atoms with Crippen LogP contribution in [-0.4, -0.2) is 74.0 Å². The number of nitrogens with zero attached hydrogens (tertiary/aromatic N) is 2. The molecule has 1 atom stereocenters. The number of benzene rings is 1. The predicted octanol–water partition coefficient (Wildman–Crippen LogP) is 2.71. The molecule has 0 aliphatic carbocycles. The molecule has 2 fully saturated rings. The lowest BCUT2D eigenvalue weighted by Gasteiger charge is -2.36. The maximum atomic E-state index is 12.2. The highest BCUT2D eigenvalue weighted by Gasteiger charge is 2.31. The topological polar surface area (TPSA) is 54.0 Å². The van der Waals surface area contributed by atoms with E-state index in [4.69, 9.17) is 4.74 Å². The molecule has 1 aromatic carbocycles. The van der Waals surface area contributed by atoms with Crippen molar-refractivity contribution in [3.8, 4) is 5.75 Å². The summed E-state index contributed by atoms with van der Waals surface area (Å²) in [5, 5.41) is 2.71. The van der Waals surface area contributed by atoms with Gasteiger partial charge in [-0.05, 0) is 43.5 Å². The van der Waals surface area contributed by atoms with Crippen LogP contribution < -0.4 is 10.1 Å². The van der Waals surface area contributed by atoms with Crippen molar-refractivity contribution in [2.45, 2.75) is 31.7 Å². The molecule has 1 amide bonds. The number of piperazine rings is 1. The molecule has 28 heavy (non-hydrogen) atoms. The SMILES string of the molecule is O=C(CN1CCN(C[C@@H]2CCCCO2)CC1)Nc1ccc(OC(F)(F)F)cc1. The van der Waals surface area contributed by atoms with E-state index in [-0.39, 0.29) is 18.2 Å². The van der Waals surface area contributed by atoms with Crippen molar-refractivity contribution in [3.05, 3.63) is 24.3 Å². The Balaban J connectivity index is 1.37. The first-order chi connectivity index (χ1) is 13.4. The molecule has 0 spiro atoms. The number of alkyl halides is 3. The molecule has 1 aromatic rings. The van der Waals surface area contributed by atoms with Crippen LogP contribution >= 0.6 is 0 Å². The molecule has 156 valence electrons. The lowest BCUT2D eigenvalue weighted by molar-refractivity contribution is -0.274.